The van der Waals surface area contributed by atoms with Gasteiger partial charge in [-0.15, -0.1) is 0 Å². The maximum atomic E-state index is 13.7. The Morgan fingerprint density at radius 3 is 2.36 bits per heavy atom. The van der Waals surface area contributed by atoms with Crippen LogP contribution in [-0.2, 0) is 4.79 Å². The highest BCUT2D eigenvalue weighted by molar-refractivity contribution is 5.36. The van der Waals surface area contributed by atoms with E-state index < -0.39 is 11.7 Å². The molecule has 74 valence electrons. The number of halogens is 1. The standard InChI is InChI=1S/C11H12FNO/c1-11(2,12)10(13-8-14)9-6-4-3-5-7-9/h3-7,10H,1-2H3. The summed E-state index contributed by atoms with van der Waals surface area (Å²) in [6.45, 7) is 2.79. The van der Waals surface area contributed by atoms with E-state index in [1.807, 2.05) is 6.07 Å². The van der Waals surface area contributed by atoms with E-state index in [1.165, 1.54) is 19.9 Å². The van der Waals surface area contributed by atoms with Gasteiger partial charge in [0.15, 0.2) is 0 Å². The zero-order valence-electron chi connectivity index (χ0n) is 8.20. The Morgan fingerprint density at radius 2 is 1.93 bits per heavy atom. The van der Waals surface area contributed by atoms with Crippen molar-refractivity contribution in [3.63, 3.8) is 0 Å². The normalized spacial score (nSPS) is 13.1. The highest BCUT2D eigenvalue weighted by Crippen LogP contribution is 2.31. The van der Waals surface area contributed by atoms with Gasteiger partial charge in [0, 0.05) is 0 Å². The zero-order valence-corrected chi connectivity index (χ0v) is 8.20. The summed E-state index contributed by atoms with van der Waals surface area (Å²) in [7, 11) is 0. The van der Waals surface area contributed by atoms with Crippen molar-refractivity contribution in [2.45, 2.75) is 25.6 Å². The number of aliphatic imine (C=N–C) groups is 1. The van der Waals surface area contributed by atoms with Gasteiger partial charge in [0.25, 0.3) is 0 Å². The summed E-state index contributed by atoms with van der Waals surface area (Å²) in [6.07, 6.45) is 1.41. The Hall–Kier alpha value is -1.47. The molecule has 1 aromatic rings. The molecule has 0 fully saturated rings. The second-order valence-electron chi connectivity index (χ2n) is 3.60. The van der Waals surface area contributed by atoms with Crippen LogP contribution in [0, 0.1) is 0 Å². The number of benzene rings is 1. The van der Waals surface area contributed by atoms with Crippen molar-refractivity contribution < 1.29 is 9.18 Å². The SMILES string of the molecule is CC(C)(F)C(N=C=O)c1ccccc1. The number of hydrogen-bond donors (Lipinski definition) is 0. The van der Waals surface area contributed by atoms with Crippen LogP contribution >= 0.6 is 0 Å². The fourth-order valence-corrected chi connectivity index (χ4v) is 1.31. The lowest BCUT2D eigenvalue weighted by Gasteiger charge is -2.21. The van der Waals surface area contributed by atoms with Crippen LogP contribution in [0.15, 0.2) is 35.3 Å². The van der Waals surface area contributed by atoms with Gasteiger partial charge in [-0.3, -0.25) is 0 Å². The lowest BCUT2D eigenvalue weighted by molar-refractivity contribution is 0.175. The van der Waals surface area contributed by atoms with E-state index in [0.29, 0.717) is 5.56 Å². The number of isocyanates is 1. The minimum Gasteiger partial charge on any atom is -0.242 e. The molecule has 0 radical (unpaired) electrons. The molecule has 0 aliphatic carbocycles. The maximum absolute atomic E-state index is 13.7. The first-order valence-electron chi connectivity index (χ1n) is 4.36. The molecule has 0 amide bonds. The highest BCUT2D eigenvalue weighted by atomic mass is 19.1. The van der Waals surface area contributed by atoms with Gasteiger partial charge in [0.1, 0.15) is 11.7 Å². The monoisotopic (exact) mass is 193 g/mol. The van der Waals surface area contributed by atoms with Gasteiger partial charge < -0.3 is 0 Å². The molecule has 14 heavy (non-hydrogen) atoms. The minimum absolute atomic E-state index is 0.684. The number of nitrogens with zero attached hydrogens (tertiary/aromatic N) is 1. The van der Waals surface area contributed by atoms with E-state index in [1.54, 1.807) is 24.3 Å². The van der Waals surface area contributed by atoms with Crippen molar-refractivity contribution in [3.8, 4) is 0 Å². The first-order valence-corrected chi connectivity index (χ1v) is 4.36. The second kappa shape index (κ2) is 4.16. The predicted molar refractivity (Wildman–Crippen MR) is 52.5 cm³/mol. The van der Waals surface area contributed by atoms with Gasteiger partial charge >= 0.3 is 0 Å². The van der Waals surface area contributed by atoms with Gasteiger partial charge in [-0.25, -0.2) is 9.18 Å². The van der Waals surface area contributed by atoms with Crippen molar-refractivity contribution in [3.05, 3.63) is 35.9 Å². The molecule has 0 spiro atoms. The summed E-state index contributed by atoms with van der Waals surface area (Å²) in [5, 5.41) is 0. The fourth-order valence-electron chi connectivity index (χ4n) is 1.31. The number of carbonyl (C=O) groups excluding carboxylic acids is 1. The first-order chi connectivity index (χ1) is 6.55. The molecule has 0 saturated heterocycles. The molecule has 3 heteroatoms. The van der Waals surface area contributed by atoms with Crippen LogP contribution in [-0.4, -0.2) is 11.7 Å². The van der Waals surface area contributed by atoms with E-state index in [-0.39, 0.29) is 0 Å². The highest BCUT2D eigenvalue weighted by Gasteiger charge is 2.30. The van der Waals surface area contributed by atoms with Crippen LogP contribution < -0.4 is 0 Å². The minimum atomic E-state index is -1.56. The molecule has 1 aromatic carbocycles. The fraction of sp³-hybridized carbons (Fsp3) is 0.364. The summed E-state index contributed by atoms with van der Waals surface area (Å²) in [5.41, 5.74) is -0.873. The summed E-state index contributed by atoms with van der Waals surface area (Å²) in [6, 6.07) is 8.11. The van der Waals surface area contributed by atoms with Crippen LogP contribution in [0.2, 0.25) is 0 Å². The lowest BCUT2D eigenvalue weighted by atomic mass is 9.94. The summed E-state index contributed by atoms with van der Waals surface area (Å²) in [4.78, 5) is 13.7. The van der Waals surface area contributed by atoms with Crippen LogP contribution in [0.4, 0.5) is 4.39 Å². The Morgan fingerprint density at radius 1 is 1.36 bits per heavy atom. The smallest absolute Gasteiger partial charge is 0.235 e. The molecule has 0 aliphatic heterocycles. The Kier molecular flexibility index (Phi) is 3.15. The average molecular weight is 193 g/mol. The molecule has 2 nitrogen and oxygen atoms in total. The molecule has 0 heterocycles. The molecular formula is C11H12FNO. The van der Waals surface area contributed by atoms with E-state index in [0.717, 1.165) is 0 Å². The number of alkyl halides is 1. The van der Waals surface area contributed by atoms with Crippen molar-refractivity contribution in [2.24, 2.45) is 4.99 Å². The summed E-state index contributed by atoms with van der Waals surface area (Å²) in [5.74, 6) is 0. The molecule has 1 unspecified atom stereocenters. The third kappa shape index (κ3) is 2.51. The van der Waals surface area contributed by atoms with Crippen molar-refractivity contribution in [1.82, 2.24) is 0 Å². The molecular weight excluding hydrogens is 181 g/mol. The van der Waals surface area contributed by atoms with E-state index in [4.69, 9.17) is 0 Å². The van der Waals surface area contributed by atoms with E-state index >= 15 is 0 Å². The maximum Gasteiger partial charge on any atom is 0.235 e. The molecule has 0 saturated carbocycles. The number of hydrogen-bond acceptors (Lipinski definition) is 2. The third-order valence-electron chi connectivity index (χ3n) is 1.95. The van der Waals surface area contributed by atoms with Crippen molar-refractivity contribution >= 4 is 6.08 Å². The van der Waals surface area contributed by atoms with Crippen LogP contribution in [0.5, 0.6) is 0 Å². The molecule has 0 aromatic heterocycles. The largest absolute Gasteiger partial charge is 0.242 e. The topological polar surface area (TPSA) is 29.4 Å². The predicted octanol–water partition coefficient (Wildman–Crippen LogP) is 2.81. The molecule has 0 aliphatic rings. The van der Waals surface area contributed by atoms with Crippen molar-refractivity contribution in [2.75, 3.05) is 0 Å². The van der Waals surface area contributed by atoms with Crippen molar-refractivity contribution in [1.29, 1.82) is 0 Å². The van der Waals surface area contributed by atoms with Crippen LogP contribution in [0.3, 0.4) is 0 Å². The lowest BCUT2D eigenvalue weighted by Crippen LogP contribution is -2.22. The molecule has 1 rings (SSSR count). The van der Waals surface area contributed by atoms with Gasteiger partial charge in [0.2, 0.25) is 6.08 Å². The molecule has 1 atom stereocenters. The van der Waals surface area contributed by atoms with Gasteiger partial charge in [0.05, 0.1) is 0 Å². The van der Waals surface area contributed by atoms with Gasteiger partial charge in [-0.1, -0.05) is 30.3 Å². The Bertz CT molecular complexity index is 336. The van der Waals surface area contributed by atoms with Crippen LogP contribution in [0.1, 0.15) is 25.5 Å². The van der Waals surface area contributed by atoms with Gasteiger partial charge in [-0.2, -0.15) is 4.99 Å². The van der Waals surface area contributed by atoms with E-state index in [2.05, 4.69) is 4.99 Å². The Labute approximate surface area is 82.5 Å². The van der Waals surface area contributed by atoms with E-state index in [9.17, 15) is 9.18 Å². The quantitative estimate of drug-likeness (QED) is 0.536. The van der Waals surface area contributed by atoms with Gasteiger partial charge in [-0.05, 0) is 19.4 Å². The Balaban J connectivity index is 3.07. The third-order valence-corrected chi connectivity index (χ3v) is 1.95. The average Bonchev–Trinajstić information content (AvgIpc) is 2.14. The summed E-state index contributed by atoms with van der Waals surface area (Å²) < 4.78 is 13.7. The first kappa shape index (κ1) is 10.6. The summed E-state index contributed by atoms with van der Waals surface area (Å²) >= 11 is 0. The molecule has 0 bridgehead atoms. The van der Waals surface area contributed by atoms with Crippen LogP contribution in [0.25, 0.3) is 0 Å². The molecule has 0 N–H and O–H groups in total. The zero-order chi connectivity index (χ0) is 10.6. The second-order valence-corrected chi connectivity index (χ2v) is 3.60. The number of rotatable bonds is 3.